The normalized spacial score (nSPS) is 14.9. The highest BCUT2D eigenvalue weighted by atomic mass is 16.3. The van der Waals surface area contributed by atoms with Gasteiger partial charge in [0, 0.05) is 25.7 Å². The van der Waals surface area contributed by atoms with Crippen LogP contribution in [0.4, 0.5) is 0 Å². The number of benzene rings is 1. The molecule has 3 heteroatoms. The second kappa shape index (κ2) is 7.43. The van der Waals surface area contributed by atoms with E-state index in [2.05, 4.69) is 48.5 Å². The fraction of sp³-hybridized carbons (Fsp3) is 0.571. The Kier molecular flexibility index (Phi) is 6.19. The molecular formula is C14H24N2O. The number of nitrogens with one attached hydrogen (secondary N) is 1. The van der Waals surface area contributed by atoms with Crippen LogP contribution in [0.15, 0.2) is 30.3 Å². The molecule has 2 atom stereocenters. The van der Waals surface area contributed by atoms with E-state index in [1.165, 1.54) is 5.56 Å². The molecule has 2 unspecified atom stereocenters. The van der Waals surface area contributed by atoms with Gasteiger partial charge < -0.3 is 10.4 Å². The molecule has 0 heterocycles. The molecule has 3 nitrogen and oxygen atoms in total. The van der Waals surface area contributed by atoms with Crippen molar-refractivity contribution in [2.24, 2.45) is 0 Å². The molecule has 0 amide bonds. The van der Waals surface area contributed by atoms with Crippen molar-refractivity contribution in [1.82, 2.24) is 10.2 Å². The first-order chi connectivity index (χ1) is 8.09. The minimum atomic E-state index is -0.276. The van der Waals surface area contributed by atoms with Gasteiger partial charge in [-0.1, -0.05) is 30.3 Å². The second-order valence-corrected chi connectivity index (χ2v) is 4.76. The molecule has 0 bridgehead atoms. The third-order valence-electron chi connectivity index (χ3n) is 2.91. The lowest BCUT2D eigenvalue weighted by atomic mass is 10.2. The Labute approximate surface area is 104 Å². The van der Waals surface area contributed by atoms with Gasteiger partial charge in [0.25, 0.3) is 0 Å². The molecule has 0 radical (unpaired) electrons. The highest BCUT2D eigenvalue weighted by Crippen LogP contribution is 2.05. The SMILES string of the molecule is CC(O)CNCC(C)N(C)Cc1ccccc1. The summed E-state index contributed by atoms with van der Waals surface area (Å²) in [6, 6.07) is 10.9. The number of rotatable bonds is 7. The summed E-state index contributed by atoms with van der Waals surface area (Å²) in [6.07, 6.45) is -0.276. The minimum absolute atomic E-state index is 0.276. The highest BCUT2D eigenvalue weighted by molar-refractivity contribution is 5.14. The van der Waals surface area contributed by atoms with Crippen LogP contribution < -0.4 is 5.32 Å². The van der Waals surface area contributed by atoms with Crippen molar-refractivity contribution in [3.05, 3.63) is 35.9 Å². The van der Waals surface area contributed by atoms with Crippen LogP contribution in [0.25, 0.3) is 0 Å². The first kappa shape index (κ1) is 14.2. The summed E-state index contributed by atoms with van der Waals surface area (Å²) in [7, 11) is 2.13. The highest BCUT2D eigenvalue weighted by Gasteiger charge is 2.09. The van der Waals surface area contributed by atoms with E-state index in [-0.39, 0.29) is 6.10 Å². The maximum atomic E-state index is 9.16. The third kappa shape index (κ3) is 5.82. The van der Waals surface area contributed by atoms with Crippen LogP contribution >= 0.6 is 0 Å². The van der Waals surface area contributed by atoms with E-state index in [4.69, 9.17) is 5.11 Å². The standard InChI is InChI=1S/C14H24N2O/c1-12(9-15-10-13(2)17)16(3)11-14-7-5-4-6-8-14/h4-8,12-13,15,17H,9-11H2,1-3H3. The Morgan fingerprint density at radius 1 is 1.18 bits per heavy atom. The van der Waals surface area contributed by atoms with E-state index in [1.807, 2.05) is 6.07 Å². The summed E-state index contributed by atoms with van der Waals surface area (Å²) in [5.41, 5.74) is 1.33. The Bertz CT molecular complexity index is 300. The molecule has 0 aliphatic rings. The largest absolute Gasteiger partial charge is 0.392 e. The van der Waals surface area contributed by atoms with Crippen LogP contribution in [-0.4, -0.2) is 42.3 Å². The smallest absolute Gasteiger partial charge is 0.0636 e. The van der Waals surface area contributed by atoms with Gasteiger partial charge >= 0.3 is 0 Å². The average molecular weight is 236 g/mol. The Balaban J connectivity index is 2.29. The van der Waals surface area contributed by atoms with Gasteiger partial charge in [0.2, 0.25) is 0 Å². The van der Waals surface area contributed by atoms with Crippen molar-refractivity contribution in [2.45, 2.75) is 32.5 Å². The number of aliphatic hydroxyl groups is 1. The topological polar surface area (TPSA) is 35.5 Å². The number of likely N-dealkylation sites (N-methyl/N-ethyl adjacent to an activating group) is 1. The molecule has 1 aromatic carbocycles. The molecule has 0 aromatic heterocycles. The van der Waals surface area contributed by atoms with Crippen LogP contribution in [0, 0.1) is 0 Å². The van der Waals surface area contributed by atoms with E-state index in [9.17, 15) is 0 Å². The van der Waals surface area contributed by atoms with Gasteiger partial charge in [-0.15, -0.1) is 0 Å². The van der Waals surface area contributed by atoms with Crippen molar-refractivity contribution < 1.29 is 5.11 Å². The van der Waals surface area contributed by atoms with Crippen molar-refractivity contribution in [3.8, 4) is 0 Å². The molecule has 0 fully saturated rings. The van der Waals surface area contributed by atoms with Crippen LogP contribution in [-0.2, 0) is 6.54 Å². The summed E-state index contributed by atoms with van der Waals surface area (Å²) in [6.45, 7) is 6.50. The summed E-state index contributed by atoms with van der Waals surface area (Å²) >= 11 is 0. The third-order valence-corrected chi connectivity index (χ3v) is 2.91. The first-order valence-corrected chi connectivity index (χ1v) is 6.22. The van der Waals surface area contributed by atoms with Gasteiger partial charge in [-0.25, -0.2) is 0 Å². The fourth-order valence-corrected chi connectivity index (χ4v) is 1.68. The quantitative estimate of drug-likeness (QED) is 0.752. The average Bonchev–Trinajstić information content (AvgIpc) is 2.29. The van der Waals surface area contributed by atoms with Crippen molar-refractivity contribution in [1.29, 1.82) is 0 Å². The van der Waals surface area contributed by atoms with Crippen LogP contribution in [0.2, 0.25) is 0 Å². The lowest BCUT2D eigenvalue weighted by Gasteiger charge is -2.25. The predicted molar refractivity (Wildman–Crippen MR) is 71.9 cm³/mol. The maximum Gasteiger partial charge on any atom is 0.0636 e. The number of hydrogen-bond donors (Lipinski definition) is 2. The minimum Gasteiger partial charge on any atom is -0.392 e. The monoisotopic (exact) mass is 236 g/mol. The number of hydrogen-bond acceptors (Lipinski definition) is 3. The molecule has 0 aliphatic carbocycles. The van der Waals surface area contributed by atoms with Crippen molar-refractivity contribution in [3.63, 3.8) is 0 Å². The molecule has 1 aromatic rings. The predicted octanol–water partition coefficient (Wildman–Crippen LogP) is 1.48. The van der Waals surface area contributed by atoms with E-state index < -0.39 is 0 Å². The Morgan fingerprint density at radius 2 is 1.82 bits per heavy atom. The van der Waals surface area contributed by atoms with E-state index in [0.717, 1.165) is 13.1 Å². The molecule has 0 saturated carbocycles. The maximum absolute atomic E-state index is 9.16. The molecule has 0 aliphatic heterocycles. The van der Waals surface area contributed by atoms with Gasteiger partial charge in [-0.2, -0.15) is 0 Å². The zero-order valence-corrected chi connectivity index (χ0v) is 11.1. The van der Waals surface area contributed by atoms with E-state index in [0.29, 0.717) is 12.6 Å². The molecular weight excluding hydrogens is 212 g/mol. The molecule has 2 N–H and O–H groups in total. The second-order valence-electron chi connectivity index (χ2n) is 4.76. The lowest BCUT2D eigenvalue weighted by Crippen LogP contribution is -2.39. The van der Waals surface area contributed by atoms with Gasteiger partial charge in [0.05, 0.1) is 6.10 Å². The molecule has 1 rings (SSSR count). The summed E-state index contributed by atoms with van der Waals surface area (Å²) in [4.78, 5) is 2.31. The number of nitrogens with zero attached hydrogens (tertiary/aromatic N) is 1. The summed E-state index contributed by atoms with van der Waals surface area (Å²) in [5, 5.41) is 12.4. The lowest BCUT2D eigenvalue weighted by molar-refractivity contribution is 0.181. The zero-order valence-electron chi connectivity index (χ0n) is 11.1. The molecule has 0 saturated heterocycles. The van der Waals surface area contributed by atoms with Crippen molar-refractivity contribution in [2.75, 3.05) is 20.1 Å². The zero-order chi connectivity index (χ0) is 12.7. The fourth-order valence-electron chi connectivity index (χ4n) is 1.68. The Hall–Kier alpha value is -0.900. The van der Waals surface area contributed by atoms with Crippen LogP contribution in [0.3, 0.4) is 0 Å². The van der Waals surface area contributed by atoms with Gasteiger partial charge in [-0.3, -0.25) is 4.90 Å². The van der Waals surface area contributed by atoms with E-state index >= 15 is 0 Å². The molecule has 0 spiro atoms. The number of aliphatic hydroxyl groups excluding tert-OH is 1. The first-order valence-electron chi connectivity index (χ1n) is 6.22. The van der Waals surface area contributed by atoms with Crippen LogP contribution in [0.1, 0.15) is 19.4 Å². The Morgan fingerprint density at radius 3 is 2.41 bits per heavy atom. The summed E-state index contributed by atoms with van der Waals surface area (Å²) in [5.74, 6) is 0. The van der Waals surface area contributed by atoms with Crippen LogP contribution in [0.5, 0.6) is 0 Å². The summed E-state index contributed by atoms with van der Waals surface area (Å²) < 4.78 is 0. The van der Waals surface area contributed by atoms with Gasteiger partial charge in [-0.05, 0) is 26.5 Å². The van der Waals surface area contributed by atoms with Gasteiger partial charge in [0.1, 0.15) is 0 Å². The molecule has 96 valence electrons. The molecule has 17 heavy (non-hydrogen) atoms. The van der Waals surface area contributed by atoms with Crippen molar-refractivity contribution >= 4 is 0 Å². The van der Waals surface area contributed by atoms with Gasteiger partial charge in [0.15, 0.2) is 0 Å². The van der Waals surface area contributed by atoms with E-state index in [1.54, 1.807) is 6.92 Å².